The van der Waals surface area contributed by atoms with Gasteiger partial charge in [-0.1, -0.05) is 0 Å². The SMILES string of the molecule is CC(C)(C)OC(=O)NCC1CCN(C(=O)Nc2ccc(C(F)(F)F)cc2)C1. The number of anilines is 1. The van der Waals surface area contributed by atoms with Crippen molar-refractivity contribution in [1.82, 2.24) is 10.2 Å². The summed E-state index contributed by atoms with van der Waals surface area (Å²) in [6.45, 7) is 6.66. The number of amides is 3. The van der Waals surface area contributed by atoms with Crippen molar-refractivity contribution < 1.29 is 27.5 Å². The van der Waals surface area contributed by atoms with E-state index in [0.29, 0.717) is 25.3 Å². The van der Waals surface area contributed by atoms with E-state index in [9.17, 15) is 22.8 Å². The Labute approximate surface area is 156 Å². The van der Waals surface area contributed by atoms with Crippen LogP contribution in [0.25, 0.3) is 0 Å². The Morgan fingerprint density at radius 2 is 1.81 bits per heavy atom. The average molecular weight is 387 g/mol. The Bertz CT molecular complexity index is 669. The average Bonchev–Trinajstić information content (AvgIpc) is 3.00. The highest BCUT2D eigenvalue weighted by molar-refractivity contribution is 5.89. The maximum absolute atomic E-state index is 12.6. The lowest BCUT2D eigenvalue weighted by Crippen LogP contribution is -2.37. The van der Waals surface area contributed by atoms with Crippen LogP contribution in [0.5, 0.6) is 0 Å². The molecule has 0 aliphatic carbocycles. The molecule has 1 aliphatic heterocycles. The van der Waals surface area contributed by atoms with Crippen molar-refractivity contribution in [2.45, 2.75) is 39.0 Å². The summed E-state index contributed by atoms with van der Waals surface area (Å²) in [5.41, 5.74) is -1.05. The summed E-state index contributed by atoms with van der Waals surface area (Å²) in [6, 6.07) is 3.91. The summed E-state index contributed by atoms with van der Waals surface area (Å²) in [5.74, 6) is 0.0934. The second kappa shape index (κ2) is 8.06. The zero-order valence-corrected chi connectivity index (χ0v) is 15.5. The Kier molecular flexibility index (Phi) is 6.22. The van der Waals surface area contributed by atoms with Gasteiger partial charge in [0, 0.05) is 25.3 Å². The molecule has 9 heteroatoms. The number of hydrogen-bond acceptors (Lipinski definition) is 3. The van der Waals surface area contributed by atoms with E-state index in [-0.39, 0.29) is 11.9 Å². The molecular weight excluding hydrogens is 363 g/mol. The molecule has 0 saturated carbocycles. The van der Waals surface area contributed by atoms with E-state index in [0.717, 1.165) is 18.6 Å². The smallest absolute Gasteiger partial charge is 0.416 e. The molecule has 1 atom stereocenters. The van der Waals surface area contributed by atoms with Gasteiger partial charge in [0.05, 0.1) is 5.56 Å². The van der Waals surface area contributed by atoms with Crippen molar-refractivity contribution >= 4 is 17.8 Å². The van der Waals surface area contributed by atoms with Gasteiger partial charge in [-0.05, 0) is 57.4 Å². The molecule has 0 aromatic heterocycles. The van der Waals surface area contributed by atoms with Crippen molar-refractivity contribution in [3.8, 4) is 0 Å². The number of urea groups is 1. The van der Waals surface area contributed by atoms with Crippen LogP contribution in [-0.2, 0) is 10.9 Å². The minimum absolute atomic E-state index is 0.0934. The minimum Gasteiger partial charge on any atom is -0.444 e. The minimum atomic E-state index is -4.41. The van der Waals surface area contributed by atoms with Crippen LogP contribution in [0.3, 0.4) is 0 Å². The van der Waals surface area contributed by atoms with Gasteiger partial charge in [0.25, 0.3) is 0 Å². The zero-order chi connectivity index (χ0) is 20.2. The molecule has 1 unspecified atom stereocenters. The van der Waals surface area contributed by atoms with Crippen LogP contribution in [0.1, 0.15) is 32.8 Å². The molecule has 3 amide bonds. The quantitative estimate of drug-likeness (QED) is 0.821. The van der Waals surface area contributed by atoms with Gasteiger partial charge in [0.2, 0.25) is 0 Å². The second-order valence-electron chi connectivity index (χ2n) is 7.49. The van der Waals surface area contributed by atoms with Crippen LogP contribution in [0.2, 0.25) is 0 Å². The van der Waals surface area contributed by atoms with Crippen LogP contribution in [0, 0.1) is 5.92 Å². The molecule has 1 heterocycles. The van der Waals surface area contributed by atoms with E-state index in [4.69, 9.17) is 4.74 Å². The fraction of sp³-hybridized carbons (Fsp3) is 0.556. The first-order valence-electron chi connectivity index (χ1n) is 8.64. The highest BCUT2D eigenvalue weighted by Crippen LogP contribution is 2.30. The molecule has 27 heavy (non-hydrogen) atoms. The molecule has 0 spiro atoms. The van der Waals surface area contributed by atoms with Crippen LogP contribution >= 0.6 is 0 Å². The zero-order valence-electron chi connectivity index (χ0n) is 15.5. The molecule has 1 aliphatic rings. The van der Waals surface area contributed by atoms with Gasteiger partial charge in [-0.15, -0.1) is 0 Å². The molecule has 1 saturated heterocycles. The summed E-state index contributed by atoms with van der Waals surface area (Å²) in [5, 5.41) is 5.27. The number of carbonyl (C=O) groups excluding carboxylic acids is 2. The third-order valence-electron chi connectivity index (χ3n) is 3.97. The molecule has 6 nitrogen and oxygen atoms in total. The van der Waals surface area contributed by atoms with E-state index in [1.165, 1.54) is 12.1 Å². The maximum atomic E-state index is 12.6. The summed E-state index contributed by atoms with van der Waals surface area (Å²) < 4.78 is 42.8. The number of benzene rings is 1. The van der Waals surface area contributed by atoms with Crippen LogP contribution in [0.15, 0.2) is 24.3 Å². The highest BCUT2D eigenvalue weighted by Gasteiger charge is 2.30. The van der Waals surface area contributed by atoms with E-state index in [1.54, 1.807) is 25.7 Å². The number of carbonyl (C=O) groups is 2. The fourth-order valence-electron chi connectivity index (χ4n) is 2.67. The van der Waals surface area contributed by atoms with Gasteiger partial charge >= 0.3 is 18.3 Å². The molecule has 0 radical (unpaired) electrons. The number of halogens is 3. The molecular formula is C18H24F3N3O3. The maximum Gasteiger partial charge on any atom is 0.416 e. The number of alkyl carbamates (subject to hydrolysis) is 1. The van der Waals surface area contributed by atoms with Crippen LogP contribution in [-0.4, -0.2) is 42.3 Å². The lowest BCUT2D eigenvalue weighted by Gasteiger charge is -2.21. The first-order valence-corrected chi connectivity index (χ1v) is 8.64. The predicted molar refractivity (Wildman–Crippen MR) is 94.4 cm³/mol. The Morgan fingerprint density at radius 1 is 1.19 bits per heavy atom. The summed E-state index contributed by atoms with van der Waals surface area (Å²) in [7, 11) is 0. The van der Waals surface area contributed by atoms with Gasteiger partial charge in [-0.3, -0.25) is 0 Å². The Hall–Kier alpha value is -2.45. The van der Waals surface area contributed by atoms with Crippen molar-refractivity contribution in [3.63, 3.8) is 0 Å². The van der Waals surface area contributed by atoms with E-state index in [2.05, 4.69) is 10.6 Å². The van der Waals surface area contributed by atoms with Crippen molar-refractivity contribution in [3.05, 3.63) is 29.8 Å². The topological polar surface area (TPSA) is 70.7 Å². The molecule has 2 N–H and O–H groups in total. The van der Waals surface area contributed by atoms with Crippen molar-refractivity contribution in [1.29, 1.82) is 0 Å². The summed E-state index contributed by atoms with van der Waals surface area (Å²) >= 11 is 0. The molecule has 0 bridgehead atoms. The summed E-state index contributed by atoms with van der Waals surface area (Å²) in [4.78, 5) is 25.5. The molecule has 1 aromatic carbocycles. The van der Waals surface area contributed by atoms with Crippen molar-refractivity contribution in [2.75, 3.05) is 25.0 Å². The second-order valence-corrected chi connectivity index (χ2v) is 7.49. The Morgan fingerprint density at radius 3 is 2.37 bits per heavy atom. The van der Waals surface area contributed by atoms with Gasteiger partial charge < -0.3 is 20.3 Å². The van der Waals surface area contributed by atoms with Gasteiger partial charge in [-0.2, -0.15) is 13.2 Å². The largest absolute Gasteiger partial charge is 0.444 e. The molecule has 1 fully saturated rings. The first kappa shape index (κ1) is 20.9. The number of nitrogens with one attached hydrogen (secondary N) is 2. The molecule has 150 valence electrons. The number of alkyl halides is 3. The van der Waals surface area contributed by atoms with Gasteiger partial charge in [-0.25, -0.2) is 9.59 Å². The van der Waals surface area contributed by atoms with E-state index < -0.39 is 23.4 Å². The number of nitrogens with zero attached hydrogens (tertiary/aromatic N) is 1. The fourth-order valence-corrected chi connectivity index (χ4v) is 2.67. The third-order valence-corrected chi connectivity index (χ3v) is 3.97. The summed E-state index contributed by atoms with van der Waals surface area (Å²) in [6.07, 6.45) is -4.20. The number of ether oxygens (including phenoxy) is 1. The predicted octanol–water partition coefficient (Wildman–Crippen LogP) is 4.08. The number of likely N-dealkylation sites (tertiary alicyclic amines) is 1. The molecule has 2 rings (SSSR count). The van der Waals surface area contributed by atoms with Crippen LogP contribution < -0.4 is 10.6 Å². The normalized spacial score (nSPS) is 17.6. The monoisotopic (exact) mass is 387 g/mol. The molecule has 1 aromatic rings. The third kappa shape index (κ3) is 6.65. The van der Waals surface area contributed by atoms with Crippen molar-refractivity contribution in [2.24, 2.45) is 5.92 Å². The number of hydrogen-bond donors (Lipinski definition) is 2. The van der Waals surface area contributed by atoms with E-state index in [1.807, 2.05) is 0 Å². The Balaban J connectivity index is 1.79. The first-order chi connectivity index (χ1) is 12.4. The highest BCUT2D eigenvalue weighted by atomic mass is 19.4. The van der Waals surface area contributed by atoms with E-state index >= 15 is 0 Å². The number of rotatable bonds is 3. The van der Waals surface area contributed by atoms with Gasteiger partial charge in [0.15, 0.2) is 0 Å². The van der Waals surface area contributed by atoms with Gasteiger partial charge in [0.1, 0.15) is 5.60 Å². The lowest BCUT2D eigenvalue weighted by atomic mass is 10.1. The lowest BCUT2D eigenvalue weighted by molar-refractivity contribution is -0.137. The standard InChI is InChI=1S/C18H24F3N3O3/c1-17(2,3)27-16(26)22-10-12-8-9-24(11-12)15(25)23-14-6-4-13(5-7-14)18(19,20)21/h4-7,12H,8-11H2,1-3H3,(H,22,26)(H,23,25). The van der Waals surface area contributed by atoms with Crippen LogP contribution in [0.4, 0.5) is 28.4 Å².